The minimum atomic E-state index is -0.222. The van der Waals surface area contributed by atoms with Crippen LogP contribution in [0.25, 0.3) is 10.9 Å². The summed E-state index contributed by atoms with van der Waals surface area (Å²) in [5, 5.41) is 14.6. The van der Waals surface area contributed by atoms with E-state index in [2.05, 4.69) is 15.2 Å². The number of carbonyl (C=O) groups excluding carboxylic acids is 1. The topological polar surface area (TPSA) is 65.5 Å². The summed E-state index contributed by atoms with van der Waals surface area (Å²) in [6.45, 7) is 5.67. The van der Waals surface area contributed by atoms with Crippen LogP contribution >= 0.6 is 0 Å². The predicted octanol–water partition coefficient (Wildman–Crippen LogP) is 2.32. The minimum absolute atomic E-state index is 0.0435. The predicted molar refractivity (Wildman–Crippen MR) is 90.1 cm³/mol. The van der Waals surface area contributed by atoms with Gasteiger partial charge in [-0.05, 0) is 19.0 Å². The number of nitrogens with zero attached hydrogens (tertiary/aromatic N) is 2. The van der Waals surface area contributed by atoms with Gasteiger partial charge in [-0.1, -0.05) is 32.0 Å². The fourth-order valence-electron chi connectivity index (χ4n) is 3.14. The highest BCUT2D eigenvalue weighted by Crippen LogP contribution is 2.34. The Labute approximate surface area is 136 Å². The van der Waals surface area contributed by atoms with E-state index in [-0.39, 0.29) is 29.5 Å². The van der Waals surface area contributed by atoms with Crippen LogP contribution in [0.5, 0.6) is 5.75 Å². The average Bonchev–Trinajstić information content (AvgIpc) is 2.50. The van der Waals surface area contributed by atoms with Crippen molar-refractivity contribution in [1.29, 1.82) is 0 Å². The Morgan fingerprint density at radius 3 is 2.74 bits per heavy atom. The van der Waals surface area contributed by atoms with Gasteiger partial charge in [0.05, 0.1) is 12.0 Å². The van der Waals surface area contributed by atoms with Crippen molar-refractivity contribution in [2.45, 2.75) is 19.9 Å². The SMILES string of the molecule is CC(C)C(NC(=O)C1CN(C)C1)c1ccc2cccnc2c1O. The van der Waals surface area contributed by atoms with Crippen LogP contribution in [0.3, 0.4) is 0 Å². The van der Waals surface area contributed by atoms with Gasteiger partial charge in [0.2, 0.25) is 5.91 Å². The fourth-order valence-corrected chi connectivity index (χ4v) is 3.14. The number of hydrogen-bond donors (Lipinski definition) is 2. The number of rotatable bonds is 4. The van der Waals surface area contributed by atoms with Crippen LogP contribution in [0.1, 0.15) is 25.5 Å². The molecule has 1 aliphatic rings. The summed E-state index contributed by atoms with van der Waals surface area (Å²) < 4.78 is 0. The zero-order valence-corrected chi connectivity index (χ0v) is 13.8. The molecule has 0 bridgehead atoms. The van der Waals surface area contributed by atoms with Gasteiger partial charge >= 0.3 is 0 Å². The number of nitrogens with one attached hydrogen (secondary N) is 1. The summed E-state index contributed by atoms with van der Waals surface area (Å²) in [5.74, 6) is 0.431. The maximum absolute atomic E-state index is 12.4. The van der Waals surface area contributed by atoms with E-state index < -0.39 is 0 Å². The first-order valence-electron chi connectivity index (χ1n) is 8.03. The molecule has 1 saturated heterocycles. The summed E-state index contributed by atoms with van der Waals surface area (Å²) in [6.07, 6.45) is 1.67. The van der Waals surface area contributed by atoms with Crippen molar-refractivity contribution in [2.24, 2.45) is 11.8 Å². The summed E-state index contributed by atoms with van der Waals surface area (Å²) in [5.41, 5.74) is 1.31. The summed E-state index contributed by atoms with van der Waals surface area (Å²) in [4.78, 5) is 18.8. The normalized spacial score (nSPS) is 17.2. The Balaban J connectivity index is 1.89. The number of benzene rings is 1. The molecule has 1 unspecified atom stereocenters. The summed E-state index contributed by atoms with van der Waals surface area (Å²) >= 11 is 0. The largest absolute Gasteiger partial charge is 0.505 e. The maximum atomic E-state index is 12.4. The first-order chi connectivity index (χ1) is 11.0. The molecule has 0 saturated carbocycles. The number of fused-ring (bicyclic) bond motifs is 1. The molecular formula is C18H23N3O2. The van der Waals surface area contributed by atoms with Crippen LogP contribution in [0.2, 0.25) is 0 Å². The Morgan fingerprint density at radius 2 is 2.09 bits per heavy atom. The molecule has 5 heteroatoms. The van der Waals surface area contributed by atoms with E-state index >= 15 is 0 Å². The molecule has 0 radical (unpaired) electrons. The maximum Gasteiger partial charge on any atom is 0.226 e. The first kappa shape index (κ1) is 15.7. The van der Waals surface area contributed by atoms with Crippen molar-refractivity contribution >= 4 is 16.8 Å². The van der Waals surface area contributed by atoms with E-state index in [0.717, 1.165) is 24.0 Å². The van der Waals surface area contributed by atoms with E-state index in [9.17, 15) is 9.90 Å². The van der Waals surface area contributed by atoms with Gasteiger partial charge in [-0.2, -0.15) is 0 Å². The van der Waals surface area contributed by atoms with Crippen molar-refractivity contribution in [1.82, 2.24) is 15.2 Å². The highest BCUT2D eigenvalue weighted by molar-refractivity contribution is 5.86. The molecule has 2 heterocycles. The quantitative estimate of drug-likeness (QED) is 0.909. The second-order valence-electron chi connectivity index (χ2n) is 6.73. The second kappa shape index (κ2) is 6.16. The molecule has 122 valence electrons. The molecule has 1 aliphatic heterocycles. The standard InChI is InChI=1S/C18H23N3O2/c1-11(2)15(20-18(23)13-9-21(3)10-13)14-7-6-12-5-4-8-19-16(12)17(14)22/h4-8,11,13,15,22H,9-10H2,1-3H3,(H,20,23). The Morgan fingerprint density at radius 1 is 1.35 bits per heavy atom. The van der Waals surface area contributed by atoms with Gasteiger partial charge in [-0.3, -0.25) is 9.78 Å². The molecule has 1 aromatic carbocycles. The molecule has 1 amide bonds. The fraction of sp³-hybridized carbons (Fsp3) is 0.444. The van der Waals surface area contributed by atoms with Crippen molar-refractivity contribution in [2.75, 3.05) is 20.1 Å². The van der Waals surface area contributed by atoms with Crippen LogP contribution in [0.4, 0.5) is 0 Å². The van der Waals surface area contributed by atoms with Gasteiger partial charge in [-0.15, -0.1) is 0 Å². The Bertz CT molecular complexity index is 723. The molecule has 2 N–H and O–H groups in total. The average molecular weight is 313 g/mol. The number of pyridine rings is 1. The molecule has 1 aromatic heterocycles. The van der Waals surface area contributed by atoms with E-state index in [1.54, 1.807) is 6.20 Å². The lowest BCUT2D eigenvalue weighted by Crippen LogP contribution is -2.52. The Hall–Kier alpha value is -2.14. The van der Waals surface area contributed by atoms with E-state index in [1.807, 2.05) is 45.2 Å². The zero-order chi connectivity index (χ0) is 16.6. The molecule has 5 nitrogen and oxygen atoms in total. The van der Waals surface area contributed by atoms with Crippen LogP contribution in [0.15, 0.2) is 30.5 Å². The van der Waals surface area contributed by atoms with E-state index in [0.29, 0.717) is 5.52 Å². The lowest BCUT2D eigenvalue weighted by molar-refractivity contribution is -0.130. The summed E-state index contributed by atoms with van der Waals surface area (Å²) in [6, 6.07) is 7.36. The van der Waals surface area contributed by atoms with Crippen molar-refractivity contribution < 1.29 is 9.90 Å². The molecule has 3 rings (SSSR count). The van der Waals surface area contributed by atoms with Crippen LogP contribution in [-0.4, -0.2) is 41.0 Å². The summed E-state index contributed by atoms with van der Waals surface area (Å²) in [7, 11) is 2.00. The Kier molecular flexibility index (Phi) is 4.22. The third kappa shape index (κ3) is 3.01. The lowest BCUT2D eigenvalue weighted by Gasteiger charge is -2.36. The van der Waals surface area contributed by atoms with Crippen molar-refractivity contribution in [3.8, 4) is 5.75 Å². The van der Waals surface area contributed by atoms with Crippen molar-refractivity contribution in [3.63, 3.8) is 0 Å². The number of phenols is 1. The van der Waals surface area contributed by atoms with Crippen LogP contribution in [-0.2, 0) is 4.79 Å². The number of likely N-dealkylation sites (tertiary alicyclic amines) is 1. The number of hydrogen-bond acceptors (Lipinski definition) is 4. The number of phenolic OH excluding ortho intramolecular Hbond substituents is 1. The van der Waals surface area contributed by atoms with E-state index in [4.69, 9.17) is 0 Å². The highest BCUT2D eigenvalue weighted by Gasteiger charge is 2.32. The van der Waals surface area contributed by atoms with E-state index in [1.165, 1.54) is 0 Å². The third-order valence-electron chi connectivity index (χ3n) is 4.51. The monoisotopic (exact) mass is 313 g/mol. The van der Waals surface area contributed by atoms with Crippen LogP contribution < -0.4 is 5.32 Å². The molecule has 0 spiro atoms. The lowest BCUT2D eigenvalue weighted by atomic mass is 9.92. The van der Waals surface area contributed by atoms with Gasteiger partial charge in [0.25, 0.3) is 0 Å². The van der Waals surface area contributed by atoms with Gasteiger partial charge < -0.3 is 15.3 Å². The molecule has 23 heavy (non-hydrogen) atoms. The molecule has 2 aromatic rings. The van der Waals surface area contributed by atoms with Gasteiger partial charge in [0.1, 0.15) is 11.3 Å². The number of aromatic nitrogens is 1. The molecular weight excluding hydrogens is 290 g/mol. The van der Waals surface area contributed by atoms with Crippen molar-refractivity contribution in [3.05, 3.63) is 36.0 Å². The van der Waals surface area contributed by atoms with Gasteiger partial charge in [0, 0.05) is 30.2 Å². The number of aromatic hydroxyl groups is 1. The molecule has 1 fully saturated rings. The smallest absolute Gasteiger partial charge is 0.226 e. The zero-order valence-electron chi connectivity index (χ0n) is 13.8. The molecule has 1 atom stereocenters. The minimum Gasteiger partial charge on any atom is -0.505 e. The first-order valence-corrected chi connectivity index (χ1v) is 8.03. The van der Waals surface area contributed by atoms with Gasteiger partial charge in [0.15, 0.2) is 0 Å². The number of amides is 1. The van der Waals surface area contributed by atoms with Gasteiger partial charge in [-0.25, -0.2) is 0 Å². The second-order valence-corrected chi connectivity index (χ2v) is 6.73. The molecule has 0 aliphatic carbocycles. The highest BCUT2D eigenvalue weighted by atomic mass is 16.3. The van der Waals surface area contributed by atoms with Crippen LogP contribution in [0, 0.1) is 11.8 Å². The third-order valence-corrected chi connectivity index (χ3v) is 4.51. The number of carbonyl (C=O) groups is 1.